The number of benzene rings is 1. The molecule has 15 heavy (non-hydrogen) atoms. The minimum absolute atomic E-state index is 0.362. The molecule has 0 atom stereocenters. The number of ether oxygens (including phenoxy) is 2. The van der Waals surface area contributed by atoms with Gasteiger partial charge in [-0.1, -0.05) is 6.07 Å². The van der Waals surface area contributed by atoms with Crippen molar-refractivity contribution in [3.8, 4) is 17.6 Å². The van der Waals surface area contributed by atoms with Crippen molar-refractivity contribution in [3.63, 3.8) is 0 Å². The van der Waals surface area contributed by atoms with E-state index < -0.39 is 0 Å². The van der Waals surface area contributed by atoms with Crippen LogP contribution >= 0.6 is 0 Å². The second-order valence-corrected chi connectivity index (χ2v) is 3.64. The summed E-state index contributed by atoms with van der Waals surface area (Å²) in [4.78, 5) is 0. The fourth-order valence-electron chi connectivity index (χ4n) is 1.38. The Balaban J connectivity index is 2.18. The van der Waals surface area contributed by atoms with Crippen LogP contribution in [0.2, 0.25) is 0 Å². The molecule has 0 spiro atoms. The molecule has 2 rings (SSSR count). The molecule has 78 valence electrons. The van der Waals surface area contributed by atoms with Crippen molar-refractivity contribution in [1.29, 1.82) is 5.26 Å². The summed E-state index contributed by atoms with van der Waals surface area (Å²) >= 11 is 0. The van der Waals surface area contributed by atoms with Gasteiger partial charge in [-0.05, 0) is 30.5 Å². The van der Waals surface area contributed by atoms with Crippen molar-refractivity contribution in [1.82, 2.24) is 0 Å². The first-order chi connectivity index (χ1) is 7.33. The van der Waals surface area contributed by atoms with Gasteiger partial charge in [-0.2, -0.15) is 5.26 Å². The summed E-state index contributed by atoms with van der Waals surface area (Å²) in [5.74, 6) is 1.50. The maximum atomic E-state index is 8.59. The maximum Gasteiger partial charge on any atom is 0.161 e. The van der Waals surface area contributed by atoms with Crippen molar-refractivity contribution in [2.45, 2.75) is 25.4 Å². The van der Waals surface area contributed by atoms with E-state index in [1.165, 1.54) is 0 Å². The molecule has 0 aromatic heterocycles. The summed E-state index contributed by atoms with van der Waals surface area (Å²) in [6, 6.07) is 7.76. The SMILES string of the molecule is COc1cc(CC#N)ccc1OC1CC1. The highest BCUT2D eigenvalue weighted by molar-refractivity contribution is 5.43. The summed E-state index contributed by atoms with van der Waals surface area (Å²) in [5.41, 5.74) is 0.956. The molecule has 0 amide bonds. The molecular formula is C12H13NO2. The van der Waals surface area contributed by atoms with E-state index in [9.17, 15) is 0 Å². The summed E-state index contributed by atoms with van der Waals surface area (Å²) in [6.07, 6.45) is 3.02. The van der Waals surface area contributed by atoms with Crippen LogP contribution in [0.25, 0.3) is 0 Å². The number of hydrogen-bond acceptors (Lipinski definition) is 3. The Morgan fingerprint density at radius 3 is 2.80 bits per heavy atom. The van der Waals surface area contributed by atoms with Crippen LogP contribution in [0.4, 0.5) is 0 Å². The van der Waals surface area contributed by atoms with E-state index in [1.54, 1.807) is 7.11 Å². The van der Waals surface area contributed by atoms with Crippen LogP contribution in [0, 0.1) is 11.3 Å². The van der Waals surface area contributed by atoms with Crippen LogP contribution in [0.5, 0.6) is 11.5 Å². The Hall–Kier alpha value is -1.69. The van der Waals surface area contributed by atoms with Crippen molar-refractivity contribution < 1.29 is 9.47 Å². The number of hydrogen-bond donors (Lipinski definition) is 0. The van der Waals surface area contributed by atoms with Gasteiger partial charge in [0.2, 0.25) is 0 Å². The first-order valence-corrected chi connectivity index (χ1v) is 5.04. The molecular weight excluding hydrogens is 190 g/mol. The number of nitriles is 1. The lowest BCUT2D eigenvalue weighted by Crippen LogP contribution is -1.99. The Bertz CT molecular complexity index is 391. The predicted molar refractivity (Wildman–Crippen MR) is 56.0 cm³/mol. The van der Waals surface area contributed by atoms with E-state index in [0.29, 0.717) is 12.5 Å². The molecule has 1 saturated carbocycles. The molecule has 1 aromatic rings. The smallest absolute Gasteiger partial charge is 0.161 e. The molecule has 0 bridgehead atoms. The number of rotatable bonds is 4. The minimum Gasteiger partial charge on any atom is -0.493 e. The standard InChI is InChI=1S/C12H13NO2/c1-14-12-8-9(6-7-13)2-5-11(12)15-10-3-4-10/h2,5,8,10H,3-4,6H2,1H3. The first-order valence-electron chi connectivity index (χ1n) is 5.04. The number of nitrogens with zero attached hydrogens (tertiary/aromatic N) is 1. The maximum absolute atomic E-state index is 8.59. The van der Waals surface area contributed by atoms with E-state index in [1.807, 2.05) is 18.2 Å². The minimum atomic E-state index is 0.362. The van der Waals surface area contributed by atoms with Gasteiger partial charge in [-0.25, -0.2) is 0 Å². The lowest BCUT2D eigenvalue weighted by Gasteiger charge is -2.10. The second kappa shape index (κ2) is 4.22. The fraction of sp³-hybridized carbons (Fsp3) is 0.417. The van der Waals surface area contributed by atoms with Crippen molar-refractivity contribution in [2.24, 2.45) is 0 Å². The van der Waals surface area contributed by atoms with Gasteiger partial charge in [0.05, 0.1) is 25.7 Å². The molecule has 0 saturated heterocycles. The predicted octanol–water partition coefficient (Wildman–Crippen LogP) is 2.30. The van der Waals surface area contributed by atoms with E-state index in [4.69, 9.17) is 14.7 Å². The lowest BCUT2D eigenvalue weighted by molar-refractivity contribution is 0.282. The Kier molecular flexibility index (Phi) is 2.77. The van der Waals surface area contributed by atoms with Gasteiger partial charge >= 0.3 is 0 Å². The summed E-state index contributed by atoms with van der Waals surface area (Å²) in [7, 11) is 1.62. The topological polar surface area (TPSA) is 42.2 Å². The molecule has 1 aliphatic rings. The Morgan fingerprint density at radius 2 is 2.20 bits per heavy atom. The third kappa shape index (κ3) is 2.41. The normalized spacial score (nSPS) is 14.4. The molecule has 0 heterocycles. The van der Waals surface area contributed by atoms with Crippen molar-refractivity contribution in [2.75, 3.05) is 7.11 Å². The van der Waals surface area contributed by atoms with Crippen LogP contribution < -0.4 is 9.47 Å². The summed E-state index contributed by atoms with van der Waals surface area (Å²) < 4.78 is 10.9. The number of methoxy groups -OCH3 is 1. The quantitative estimate of drug-likeness (QED) is 0.754. The van der Waals surface area contributed by atoms with Gasteiger partial charge in [0, 0.05) is 0 Å². The van der Waals surface area contributed by atoms with Crippen LogP contribution in [-0.2, 0) is 6.42 Å². The molecule has 0 N–H and O–H groups in total. The Labute approximate surface area is 89.2 Å². The van der Waals surface area contributed by atoms with Gasteiger partial charge in [0.25, 0.3) is 0 Å². The molecule has 1 fully saturated rings. The van der Waals surface area contributed by atoms with Crippen LogP contribution in [0.3, 0.4) is 0 Å². The molecule has 1 aliphatic carbocycles. The van der Waals surface area contributed by atoms with E-state index >= 15 is 0 Å². The zero-order chi connectivity index (χ0) is 10.7. The zero-order valence-corrected chi connectivity index (χ0v) is 8.69. The van der Waals surface area contributed by atoms with Gasteiger partial charge in [0.1, 0.15) is 0 Å². The van der Waals surface area contributed by atoms with Crippen molar-refractivity contribution in [3.05, 3.63) is 23.8 Å². The Morgan fingerprint density at radius 1 is 1.40 bits per heavy atom. The lowest BCUT2D eigenvalue weighted by atomic mass is 10.1. The third-order valence-corrected chi connectivity index (χ3v) is 2.33. The third-order valence-electron chi connectivity index (χ3n) is 2.33. The zero-order valence-electron chi connectivity index (χ0n) is 8.69. The van der Waals surface area contributed by atoms with Crippen LogP contribution in [-0.4, -0.2) is 13.2 Å². The molecule has 1 aromatic carbocycles. The molecule has 0 aliphatic heterocycles. The van der Waals surface area contributed by atoms with Gasteiger partial charge < -0.3 is 9.47 Å². The highest BCUT2D eigenvalue weighted by Crippen LogP contribution is 2.34. The second-order valence-electron chi connectivity index (χ2n) is 3.64. The van der Waals surface area contributed by atoms with E-state index in [-0.39, 0.29) is 0 Å². The van der Waals surface area contributed by atoms with Gasteiger partial charge in [0.15, 0.2) is 11.5 Å². The highest BCUT2D eigenvalue weighted by atomic mass is 16.5. The summed E-state index contributed by atoms with van der Waals surface area (Å²) in [5, 5.41) is 8.59. The largest absolute Gasteiger partial charge is 0.493 e. The first kappa shape index (κ1) is 9.85. The van der Waals surface area contributed by atoms with Crippen molar-refractivity contribution >= 4 is 0 Å². The van der Waals surface area contributed by atoms with Crippen LogP contribution in [0.15, 0.2) is 18.2 Å². The highest BCUT2D eigenvalue weighted by Gasteiger charge is 2.24. The van der Waals surface area contributed by atoms with Crippen LogP contribution in [0.1, 0.15) is 18.4 Å². The van der Waals surface area contributed by atoms with Gasteiger partial charge in [-0.3, -0.25) is 0 Å². The van der Waals surface area contributed by atoms with E-state index in [0.717, 1.165) is 29.9 Å². The average Bonchev–Trinajstić information content (AvgIpc) is 3.04. The molecule has 0 radical (unpaired) electrons. The average molecular weight is 203 g/mol. The molecule has 3 nitrogen and oxygen atoms in total. The fourth-order valence-corrected chi connectivity index (χ4v) is 1.38. The monoisotopic (exact) mass is 203 g/mol. The van der Waals surface area contributed by atoms with E-state index in [2.05, 4.69) is 6.07 Å². The summed E-state index contributed by atoms with van der Waals surface area (Å²) in [6.45, 7) is 0. The molecule has 3 heteroatoms. The van der Waals surface area contributed by atoms with Gasteiger partial charge in [-0.15, -0.1) is 0 Å². The molecule has 0 unspecified atom stereocenters.